The van der Waals surface area contributed by atoms with Gasteiger partial charge in [0, 0.05) is 15.7 Å². The van der Waals surface area contributed by atoms with E-state index in [4.69, 9.17) is 23.2 Å². The van der Waals surface area contributed by atoms with Crippen molar-refractivity contribution >= 4 is 50.3 Å². The summed E-state index contributed by atoms with van der Waals surface area (Å²) in [4.78, 5) is 9.06. The fraction of sp³-hybridized carbons (Fsp3) is 0.200. The number of rotatable bonds is 2. The molecule has 0 aliphatic heterocycles. The molecule has 0 fully saturated rings. The lowest BCUT2D eigenvalue weighted by atomic mass is 10.2. The number of benzene rings is 1. The first kappa shape index (κ1) is 14.8. The number of nitrogens with zero attached hydrogens (tertiary/aromatic N) is 3. The van der Waals surface area contributed by atoms with Crippen molar-refractivity contribution in [3.63, 3.8) is 0 Å². The van der Waals surface area contributed by atoms with Crippen molar-refractivity contribution in [2.75, 3.05) is 0 Å². The van der Waals surface area contributed by atoms with E-state index in [1.807, 2.05) is 42.7 Å². The van der Waals surface area contributed by atoms with Crippen LogP contribution in [0.5, 0.6) is 0 Å². The van der Waals surface area contributed by atoms with Crippen LogP contribution in [0.2, 0.25) is 5.02 Å². The number of hydrogen-bond donors (Lipinski definition) is 0. The van der Waals surface area contributed by atoms with E-state index in [1.165, 1.54) is 0 Å². The van der Waals surface area contributed by atoms with Crippen molar-refractivity contribution in [1.29, 1.82) is 0 Å². The molecule has 21 heavy (non-hydrogen) atoms. The first-order chi connectivity index (χ1) is 9.97. The van der Waals surface area contributed by atoms with E-state index in [2.05, 4.69) is 25.9 Å². The van der Waals surface area contributed by atoms with Crippen LogP contribution in [0.1, 0.15) is 23.7 Å². The van der Waals surface area contributed by atoms with Crippen LogP contribution in [0.3, 0.4) is 0 Å². The van der Waals surface area contributed by atoms with E-state index in [0.29, 0.717) is 5.02 Å². The van der Waals surface area contributed by atoms with E-state index in [0.717, 1.165) is 32.7 Å². The Bertz CT molecular complexity index is 827. The summed E-state index contributed by atoms with van der Waals surface area (Å²) in [6, 6.07) is 7.81. The van der Waals surface area contributed by atoms with Crippen molar-refractivity contribution in [3.05, 3.63) is 51.3 Å². The number of alkyl halides is 1. The molecule has 108 valence electrons. The fourth-order valence-electron chi connectivity index (χ4n) is 2.20. The molecule has 3 aromatic rings. The molecule has 0 bridgehead atoms. The van der Waals surface area contributed by atoms with Gasteiger partial charge in [0.1, 0.15) is 11.3 Å². The summed E-state index contributed by atoms with van der Waals surface area (Å²) >= 11 is 15.9. The van der Waals surface area contributed by atoms with Crippen LogP contribution in [0.25, 0.3) is 16.9 Å². The third-order valence-electron chi connectivity index (χ3n) is 3.26. The Hall–Kier alpha value is -1.10. The Morgan fingerprint density at radius 2 is 2.05 bits per heavy atom. The van der Waals surface area contributed by atoms with Crippen LogP contribution in [0, 0.1) is 6.92 Å². The molecule has 0 aliphatic carbocycles. The first-order valence-electron chi connectivity index (χ1n) is 6.42. The van der Waals surface area contributed by atoms with Crippen molar-refractivity contribution in [1.82, 2.24) is 14.5 Å². The summed E-state index contributed by atoms with van der Waals surface area (Å²) in [5.41, 5.74) is 3.50. The van der Waals surface area contributed by atoms with Crippen LogP contribution in [-0.2, 0) is 0 Å². The summed E-state index contributed by atoms with van der Waals surface area (Å²) in [6.07, 6.45) is 1.75. The second-order valence-corrected chi connectivity index (χ2v) is 6.83. The van der Waals surface area contributed by atoms with E-state index in [-0.39, 0.29) is 5.38 Å². The molecular formula is C15H12BrCl2N3. The van der Waals surface area contributed by atoms with Crippen molar-refractivity contribution < 1.29 is 0 Å². The van der Waals surface area contributed by atoms with Gasteiger partial charge in [0.05, 0.1) is 11.1 Å². The summed E-state index contributed by atoms with van der Waals surface area (Å²) < 4.78 is 2.83. The van der Waals surface area contributed by atoms with E-state index in [1.54, 1.807) is 6.20 Å². The van der Waals surface area contributed by atoms with Gasteiger partial charge in [0.15, 0.2) is 5.65 Å². The van der Waals surface area contributed by atoms with Crippen molar-refractivity contribution in [2.24, 2.45) is 0 Å². The molecule has 0 amide bonds. The third kappa shape index (κ3) is 2.68. The number of fused-ring (bicyclic) bond motifs is 1. The number of halogens is 3. The summed E-state index contributed by atoms with van der Waals surface area (Å²) in [6.45, 7) is 3.86. The average molecular weight is 385 g/mol. The number of aromatic nitrogens is 3. The lowest BCUT2D eigenvalue weighted by Crippen LogP contribution is -2.03. The molecule has 1 aromatic carbocycles. The van der Waals surface area contributed by atoms with E-state index < -0.39 is 0 Å². The highest BCUT2D eigenvalue weighted by Gasteiger charge is 2.18. The SMILES string of the molecule is Cc1ccc(-n2c(C(C)Cl)nc3cc(Br)cnc32)cc1Cl. The first-order valence-corrected chi connectivity index (χ1v) is 8.02. The van der Waals surface area contributed by atoms with Gasteiger partial charge >= 0.3 is 0 Å². The fourth-order valence-corrected chi connectivity index (χ4v) is 2.84. The predicted octanol–water partition coefficient (Wildman–Crippen LogP) is 5.44. The van der Waals surface area contributed by atoms with Crippen molar-refractivity contribution in [3.8, 4) is 5.69 Å². The maximum Gasteiger partial charge on any atom is 0.164 e. The molecular weight excluding hydrogens is 373 g/mol. The van der Waals surface area contributed by atoms with Gasteiger partial charge < -0.3 is 0 Å². The minimum absolute atomic E-state index is 0.238. The molecule has 3 nitrogen and oxygen atoms in total. The highest BCUT2D eigenvalue weighted by molar-refractivity contribution is 9.10. The molecule has 2 aromatic heterocycles. The van der Waals surface area contributed by atoms with Gasteiger partial charge in [0.2, 0.25) is 0 Å². The second kappa shape index (κ2) is 5.59. The lowest BCUT2D eigenvalue weighted by Gasteiger charge is -2.11. The largest absolute Gasteiger partial charge is 0.279 e. The lowest BCUT2D eigenvalue weighted by molar-refractivity contribution is 0.876. The smallest absolute Gasteiger partial charge is 0.164 e. The molecule has 3 rings (SSSR count). The van der Waals surface area contributed by atoms with Gasteiger partial charge in [0.25, 0.3) is 0 Å². The standard InChI is InChI=1S/C15H12BrCl2N3/c1-8-3-4-11(6-12(8)18)21-14(9(2)17)20-13-5-10(16)7-19-15(13)21/h3-7,9H,1-2H3. The quantitative estimate of drug-likeness (QED) is 0.550. The molecule has 0 N–H and O–H groups in total. The number of hydrogen-bond acceptors (Lipinski definition) is 2. The second-order valence-electron chi connectivity index (χ2n) is 4.85. The molecule has 1 unspecified atom stereocenters. The summed E-state index contributed by atoms with van der Waals surface area (Å²) in [5, 5.41) is 0.470. The van der Waals surface area contributed by atoms with E-state index in [9.17, 15) is 0 Å². The molecule has 0 spiro atoms. The van der Waals surface area contributed by atoms with Gasteiger partial charge in [-0.1, -0.05) is 17.7 Å². The summed E-state index contributed by atoms with van der Waals surface area (Å²) in [7, 11) is 0. The number of imidazole rings is 1. The Morgan fingerprint density at radius 1 is 1.29 bits per heavy atom. The molecule has 0 aliphatic rings. The van der Waals surface area contributed by atoms with E-state index >= 15 is 0 Å². The topological polar surface area (TPSA) is 30.7 Å². The van der Waals surface area contributed by atoms with Gasteiger partial charge in [-0.2, -0.15) is 0 Å². The minimum atomic E-state index is -0.238. The minimum Gasteiger partial charge on any atom is -0.279 e. The number of pyridine rings is 1. The Balaban J connectivity index is 2.33. The van der Waals surface area contributed by atoms with Crippen LogP contribution >= 0.6 is 39.1 Å². The highest BCUT2D eigenvalue weighted by atomic mass is 79.9. The van der Waals surface area contributed by atoms with Gasteiger partial charge in [-0.05, 0) is 53.5 Å². The summed E-state index contributed by atoms with van der Waals surface area (Å²) in [5.74, 6) is 0.747. The average Bonchev–Trinajstić information content (AvgIpc) is 2.80. The van der Waals surface area contributed by atoms with Crippen LogP contribution < -0.4 is 0 Å². The highest BCUT2D eigenvalue weighted by Crippen LogP contribution is 2.30. The Kier molecular flexibility index (Phi) is 3.95. The molecule has 0 radical (unpaired) electrons. The van der Waals surface area contributed by atoms with Gasteiger partial charge in [-0.25, -0.2) is 9.97 Å². The zero-order valence-electron chi connectivity index (χ0n) is 11.4. The zero-order valence-corrected chi connectivity index (χ0v) is 14.5. The van der Waals surface area contributed by atoms with Crippen molar-refractivity contribution in [2.45, 2.75) is 19.2 Å². The maximum atomic E-state index is 6.28. The van der Waals surface area contributed by atoms with Crippen LogP contribution in [0.4, 0.5) is 0 Å². The Morgan fingerprint density at radius 3 is 2.71 bits per heavy atom. The normalized spacial score (nSPS) is 12.8. The van der Waals surface area contributed by atoms with Crippen LogP contribution in [-0.4, -0.2) is 14.5 Å². The molecule has 0 saturated heterocycles. The number of aryl methyl sites for hydroxylation is 1. The Labute approximate surface area is 141 Å². The zero-order chi connectivity index (χ0) is 15.1. The maximum absolute atomic E-state index is 6.28. The molecule has 2 heterocycles. The predicted molar refractivity (Wildman–Crippen MR) is 90.6 cm³/mol. The molecule has 0 saturated carbocycles. The van der Waals surface area contributed by atoms with Crippen LogP contribution in [0.15, 0.2) is 34.9 Å². The van der Waals surface area contributed by atoms with Gasteiger partial charge in [-0.3, -0.25) is 4.57 Å². The monoisotopic (exact) mass is 383 g/mol. The van der Waals surface area contributed by atoms with Gasteiger partial charge in [-0.15, -0.1) is 11.6 Å². The molecule has 1 atom stereocenters. The molecule has 6 heteroatoms. The third-order valence-corrected chi connectivity index (χ3v) is 4.30.